The van der Waals surface area contributed by atoms with E-state index in [-0.39, 0.29) is 19.0 Å². The monoisotopic (exact) mass is 305 g/mol. The number of carboxylic acid groups (broad SMARTS) is 1. The Hall–Kier alpha value is -2.20. The van der Waals surface area contributed by atoms with E-state index < -0.39 is 12.0 Å². The summed E-state index contributed by atoms with van der Waals surface area (Å²) in [5.74, 6) is -0.255. The van der Waals surface area contributed by atoms with E-state index in [1.165, 1.54) is 21.6 Å². The van der Waals surface area contributed by atoms with Crippen LogP contribution in [0.3, 0.4) is 0 Å². The van der Waals surface area contributed by atoms with E-state index in [0.29, 0.717) is 17.3 Å². The van der Waals surface area contributed by atoms with Crippen molar-refractivity contribution in [1.82, 2.24) is 4.90 Å². The molecule has 0 saturated carbocycles. The van der Waals surface area contributed by atoms with Crippen molar-refractivity contribution < 1.29 is 14.7 Å². The zero-order valence-corrected chi connectivity index (χ0v) is 12.1. The van der Waals surface area contributed by atoms with Crippen molar-refractivity contribution in [1.29, 1.82) is 5.26 Å². The largest absolute Gasteiger partial charge is 0.480 e. The molecule has 0 aromatic heterocycles. The SMILES string of the molecule is N#CCCN(C(=O)N1CSC[C@H]1C(=O)O)c1ccccc1. The van der Waals surface area contributed by atoms with Gasteiger partial charge in [-0.3, -0.25) is 4.90 Å². The second-order valence-corrected chi connectivity index (χ2v) is 5.50. The van der Waals surface area contributed by atoms with E-state index in [2.05, 4.69) is 0 Å². The highest BCUT2D eigenvalue weighted by molar-refractivity contribution is 7.99. The van der Waals surface area contributed by atoms with E-state index in [0.717, 1.165) is 0 Å². The third-order valence-corrected chi connectivity index (χ3v) is 4.17. The van der Waals surface area contributed by atoms with Crippen molar-refractivity contribution in [3.63, 3.8) is 0 Å². The van der Waals surface area contributed by atoms with Crippen LogP contribution in [0.15, 0.2) is 30.3 Å². The van der Waals surface area contributed by atoms with Crippen molar-refractivity contribution in [3.05, 3.63) is 30.3 Å². The molecule has 2 amide bonds. The van der Waals surface area contributed by atoms with Gasteiger partial charge in [-0.15, -0.1) is 11.8 Å². The predicted molar refractivity (Wildman–Crippen MR) is 80.0 cm³/mol. The van der Waals surface area contributed by atoms with E-state index in [1.54, 1.807) is 24.3 Å². The van der Waals surface area contributed by atoms with E-state index in [1.807, 2.05) is 12.1 Å². The fraction of sp³-hybridized carbons (Fsp3) is 0.357. The van der Waals surface area contributed by atoms with Gasteiger partial charge in [-0.25, -0.2) is 9.59 Å². The summed E-state index contributed by atoms with van der Waals surface area (Å²) in [4.78, 5) is 26.7. The Labute approximate surface area is 126 Å². The van der Waals surface area contributed by atoms with Gasteiger partial charge in [0.25, 0.3) is 0 Å². The average molecular weight is 305 g/mol. The summed E-state index contributed by atoms with van der Waals surface area (Å²) in [6.45, 7) is 0.243. The average Bonchev–Trinajstić information content (AvgIpc) is 2.98. The molecule has 0 radical (unpaired) electrons. The Balaban J connectivity index is 2.22. The third-order valence-electron chi connectivity index (χ3n) is 3.16. The fourth-order valence-electron chi connectivity index (χ4n) is 2.10. The highest BCUT2D eigenvalue weighted by Gasteiger charge is 2.37. The number of aliphatic carboxylic acids is 1. The summed E-state index contributed by atoms with van der Waals surface area (Å²) < 4.78 is 0. The summed E-state index contributed by atoms with van der Waals surface area (Å²) in [6.07, 6.45) is 0.194. The van der Waals surface area contributed by atoms with E-state index >= 15 is 0 Å². The van der Waals surface area contributed by atoms with Crippen LogP contribution in [0.4, 0.5) is 10.5 Å². The normalized spacial score (nSPS) is 17.3. The van der Waals surface area contributed by atoms with Crippen LogP contribution in [0, 0.1) is 11.3 Å². The lowest BCUT2D eigenvalue weighted by Crippen LogP contribution is -2.49. The molecule has 0 bridgehead atoms. The predicted octanol–water partition coefficient (Wildman–Crippen LogP) is 1.99. The summed E-state index contributed by atoms with van der Waals surface area (Å²) in [6, 6.07) is 9.82. The maximum atomic E-state index is 12.6. The third kappa shape index (κ3) is 3.47. The number of nitriles is 1. The number of para-hydroxylation sites is 1. The van der Waals surface area contributed by atoms with Crippen LogP contribution in [-0.2, 0) is 4.79 Å². The standard InChI is InChI=1S/C14H15N3O3S/c15-7-4-8-16(11-5-2-1-3-6-11)14(20)17-10-21-9-12(17)13(18)19/h1-3,5-6,12H,4,8-10H2,(H,18,19)/t12-/m0/s1. The summed E-state index contributed by atoms with van der Waals surface area (Å²) >= 11 is 1.42. The first-order valence-electron chi connectivity index (χ1n) is 6.46. The van der Waals surface area contributed by atoms with Gasteiger partial charge in [0.1, 0.15) is 6.04 Å². The molecular weight excluding hydrogens is 290 g/mol. The van der Waals surface area contributed by atoms with Crippen LogP contribution in [-0.4, -0.2) is 46.2 Å². The van der Waals surface area contributed by atoms with Crippen LogP contribution in [0.25, 0.3) is 0 Å². The Morgan fingerprint density at radius 1 is 1.43 bits per heavy atom. The first-order chi connectivity index (χ1) is 10.1. The molecule has 1 aliphatic heterocycles. The van der Waals surface area contributed by atoms with Gasteiger partial charge in [-0.2, -0.15) is 5.26 Å². The first kappa shape index (κ1) is 15.2. The van der Waals surface area contributed by atoms with Gasteiger partial charge < -0.3 is 10.0 Å². The number of nitrogens with zero attached hydrogens (tertiary/aromatic N) is 3. The van der Waals surface area contributed by atoms with Gasteiger partial charge in [0, 0.05) is 18.0 Å². The Morgan fingerprint density at radius 2 is 2.14 bits per heavy atom. The molecule has 7 heteroatoms. The number of urea groups is 1. The number of carboxylic acids is 1. The second-order valence-electron chi connectivity index (χ2n) is 4.50. The fourth-order valence-corrected chi connectivity index (χ4v) is 3.23. The zero-order valence-electron chi connectivity index (χ0n) is 11.3. The van der Waals surface area contributed by atoms with Gasteiger partial charge in [0.2, 0.25) is 0 Å². The van der Waals surface area contributed by atoms with Gasteiger partial charge in [0.05, 0.1) is 18.4 Å². The number of carbonyl (C=O) groups is 2. The number of benzene rings is 1. The minimum atomic E-state index is -0.998. The van der Waals surface area contributed by atoms with Crippen LogP contribution in [0.5, 0.6) is 0 Å². The van der Waals surface area contributed by atoms with Gasteiger partial charge in [-0.05, 0) is 12.1 Å². The molecule has 6 nitrogen and oxygen atoms in total. The number of thioether (sulfide) groups is 1. The highest BCUT2D eigenvalue weighted by Crippen LogP contribution is 2.25. The Kier molecular flexibility index (Phi) is 5.06. The topological polar surface area (TPSA) is 84.6 Å². The number of rotatable bonds is 4. The van der Waals surface area contributed by atoms with Gasteiger partial charge in [-0.1, -0.05) is 18.2 Å². The van der Waals surface area contributed by atoms with Crippen molar-refractivity contribution in [2.75, 3.05) is 23.1 Å². The van der Waals surface area contributed by atoms with Crippen molar-refractivity contribution in [2.45, 2.75) is 12.5 Å². The number of amides is 2. The maximum absolute atomic E-state index is 12.6. The lowest BCUT2D eigenvalue weighted by molar-refractivity contribution is -0.140. The number of hydrogen-bond acceptors (Lipinski definition) is 4. The van der Waals surface area contributed by atoms with Gasteiger partial charge in [0.15, 0.2) is 0 Å². The van der Waals surface area contributed by atoms with E-state index in [9.17, 15) is 14.7 Å². The molecule has 110 valence electrons. The van der Waals surface area contributed by atoms with E-state index in [4.69, 9.17) is 5.26 Å². The molecule has 2 rings (SSSR count). The number of anilines is 1. The van der Waals surface area contributed by atoms with Crippen molar-refractivity contribution in [2.24, 2.45) is 0 Å². The van der Waals surface area contributed by atoms with Gasteiger partial charge >= 0.3 is 12.0 Å². The molecule has 1 fully saturated rings. The lowest BCUT2D eigenvalue weighted by atomic mass is 10.2. The smallest absolute Gasteiger partial charge is 0.327 e. The molecule has 1 heterocycles. The summed E-state index contributed by atoms with van der Waals surface area (Å²) in [5, 5.41) is 17.9. The highest BCUT2D eigenvalue weighted by atomic mass is 32.2. The maximum Gasteiger partial charge on any atom is 0.327 e. The van der Waals surface area contributed by atoms with Crippen LogP contribution in [0.1, 0.15) is 6.42 Å². The first-order valence-corrected chi connectivity index (χ1v) is 7.61. The summed E-state index contributed by atoms with van der Waals surface area (Å²) in [5.41, 5.74) is 0.666. The molecule has 1 aliphatic rings. The zero-order chi connectivity index (χ0) is 15.2. The molecule has 0 spiro atoms. The molecule has 0 aliphatic carbocycles. The molecule has 1 N–H and O–H groups in total. The molecule has 0 unspecified atom stereocenters. The Bertz CT molecular complexity index is 558. The minimum absolute atomic E-state index is 0.194. The van der Waals surface area contributed by atoms with Crippen LogP contribution < -0.4 is 4.90 Å². The quantitative estimate of drug-likeness (QED) is 0.919. The summed E-state index contributed by atoms with van der Waals surface area (Å²) in [7, 11) is 0. The molecule has 1 saturated heterocycles. The number of hydrogen-bond donors (Lipinski definition) is 1. The lowest BCUT2D eigenvalue weighted by Gasteiger charge is -2.29. The second kappa shape index (κ2) is 6.99. The van der Waals surface area contributed by atoms with Crippen molar-refractivity contribution >= 4 is 29.4 Å². The number of carbonyl (C=O) groups excluding carboxylic acids is 1. The van der Waals surface area contributed by atoms with Crippen LogP contribution >= 0.6 is 11.8 Å². The molecule has 1 atom stereocenters. The van der Waals surface area contributed by atoms with Crippen molar-refractivity contribution in [3.8, 4) is 6.07 Å². The Morgan fingerprint density at radius 3 is 2.76 bits per heavy atom. The molecular formula is C14H15N3O3S. The molecule has 1 aromatic carbocycles. The minimum Gasteiger partial charge on any atom is -0.480 e. The molecule has 21 heavy (non-hydrogen) atoms. The molecule has 1 aromatic rings. The van der Waals surface area contributed by atoms with Crippen LogP contribution in [0.2, 0.25) is 0 Å².